The lowest BCUT2D eigenvalue weighted by Crippen LogP contribution is -2.62. The van der Waals surface area contributed by atoms with Gasteiger partial charge in [-0.25, -0.2) is 0 Å². The fourth-order valence-corrected chi connectivity index (χ4v) is 10.8. The number of phenols is 1. The summed E-state index contributed by atoms with van der Waals surface area (Å²) in [6, 6.07) is 0.318. The number of nitrogens with one attached hydrogen (secondary N) is 11. The maximum Gasteiger partial charge on any atom is 0.245 e. The van der Waals surface area contributed by atoms with E-state index in [1.807, 2.05) is 13.8 Å². The Hall–Kier alpha value is -7.29. The molecule has 26 heteroatoms. The molecule has 10 amide bonds. The fraction of sp³-hybridized carbons (Fsp3) is 0.579. The highest BCUT2D eigenvalue weighted by atomic mass is 32.2. The number of H-pyrrole nitrogens is 1. The number of hydrogen-bond acceptors (Lipinski definition) is 15. The molecule has 11 atom stereocenters. The van der Waals surface area contributed by atoms with Crippen molar-refractivity contribution in [1.29, 1.82) is 0 Å². The maximum atomic E-state index is 15.2. The van der Waals surface area contributed by atoms with Gasteiger partial charge in [0.2, 0.25) is 59.1 Å². The molecule has 2 aliphatic rings. The minimum atomic E-state index is -1.73. The number of carbonyl (C=O) groups is 10. The van der Waals surface area contributed by atoms with Gasteiger partial charge in [0.05, 0.1) is 23.2 Å². The number of aromatic hydroxyl groups is 1. The van der Waals surface area contributed by atoms with Gasteiger partial charge in [-0.2, -0.15) is 0 Å². The van der Waals surface area contributed by atoms with E-state index in [4.69, 9.17) is 11.5 Å². The summed E-state index contributed by atoms with van der Waals surface area (Å²) in [5, 5.41) is 50.0. The molecule has 0 saturated heterocycles. The van der Waals surface area contributed by atoms with Crippen LogP contribution in [-0.4, -0.2) is 160 Å². The van der Waals surface area contributed by atoms with Crippen LogP contribution in [-0.2, 0) is 60.8 Å². The van der Waals surface area contributed by atoms with Gasteiger partial charge in [0.25, 0.3) is 0 Å². The van der Waals surface area contributed by atoms with Crippen molar-refractivity contribution in [2.24, 2.45) is 29.2 Å². The van der Waals surface area contributed by atoms with E-state index in [2.05, 4.69) is 58.2 Å². The molecular weight excluding hydrogens is 1090 g/mol. The van der Waals surface area contributed by atoms with E-state index in [0.29, 0.717) is 30.3 Å². The first-order chi connectivity index (χ1) is 39.5. The van der Waals surface area contributed by atoms with Gasteiger partial charge in [-0.1, -0.05) is 84.4 Å². The first-order valence-corrected chi connectivity index (χ1v) is 29.5. The minimum Gasteiger partial charge on any atom is -0.507 e. The maximum absolute atomic E-state index is 15.2. The number of aliphatic hydroxyl groups excluding tert-OH is 1. The lowest BCUT2D eigenvalue weighted by atomic mass is 9.96. The predicted octanol–water partition coefficient (Wildman–Crippen LogP) is -0.746. The summed E-state index contributed by atoms with van der Waals surface area (Å²) >= 11 is 0.946. The Morgan fingerprint density at radius 3 is 1.78 bits per heavy atom. The Morgan fingerprint density at radius 2 is 1.14 bits per heavy atom. The zero-order chi connectivity index (χ0) is 61.1. The van der Waals surface area contributed by atoms with Gasteiger partial charge in [0.15, 0.2) is 0 Å². The third-order valence-corrected chi connectivity index (χ3v) is 15.8. The summed E-state index contributed by atoms with van der Waals surface area (Å²) < 4.78 is 0. The van der Waals surface area contributed by atoms with Crippen molar-refractivity contribution in [3.63, 3.8) is 0 Å². The molecule has 83 heavy (non-hydrogen) atoms. The molecule has 3 heterocycles. The molecule has 17 N–H and O–H groups in total. The van der Waals surface area contributed by atoms with Crippen LogP contribution in [0.3, 0.4) is 0 Å². The van der Waals surface area contributed by atoms with Gasteiger partial charge in [-0.3, -0.25) is 47.9 Å². The van der Waals surface area contributed by atoms with Gasteiger partial charge in [0.1, 0.15) is 60.1 Å². The standard InChI is InChI=1S/C57H85N13O12S/c1-8-31(6)46-56(82)66-41-28-83-57-34(44-35(67-57)19-14-21-42(44)72)26-40(52(78)68-45(30(4)5)55(81)62-37(20-15-23-59)49(75)63-38(24-29(2)3)51(77)69-46)65-50(76)39(25-33-16-10-9-11-17-33)64-48(74)36(18-12-13-22-58)61-43(73)27-60-54(80)47(32(7)71)70-53(41)79/h9-11,14,16-17,19,21,29-32,36-41,45-47,67,71-72H,8,12-13,15,18,20,22-28,58-59H2,1-7H3,(H,60,80)(H,61,73)(H,62,81)(H,63,75)(H,64,74)(H,65,76)(H,66,82)(H,68,78)(H,69,77)(H,70,79)/t31-,32+,36-,37-,38-,39-,40-,41-,45-,46-,47-/m0/s1. The smallest absolute Gasteiger partial charge is 0.245 e. The van der Waals surface area contributed by atoms with Crippen LogP contribution in [0.15, 0.2) is 53.6 Å². The molecule has 2 bridgehead atoms. The lowest BCUT2D eigenvalue weighted by molar-refractivity contribution is -0.137. The van der Waals surface area contributed by atoms with Crippen LogP contribution in [0.2, 0.25) is 0 Å². The number of phenolic OH excluding ortho intramolecular Hbond substituents is 1. The fourth-order valence-electron chi connectivity index (χ4n) is 9.73. The summed E-state index contributed by atoms with van der Waals surface area (Å²) in [7, 11) is 0. The average Bonchev–Trinajstić information content (AvgIpc) is 4.09. The predicted molar refractivity (Wildman–Crippen MR) is 312 cm³/mol. The largest absolute Gasteiger partial charge is 0.507 e. The van der Waals surface area contributed by atoms with Gasteiger partial charge in [-0.15, -0.1) is 11.8 Å². The number of thioether (sulfide) groups is 1. The number of hydrogen-bond donors (Lipinski definition) is 15. The van der Waals surface area contributed by atoms with Crippen LogP contribution in [0.5, 0.6) is 5.75 Å². The van der Waals surface area contributed by atoms with Crippen molar-refractivity contribution in [3.8, 4) is 5.75 Å². The molecule has 5 rings (SSSR count). The molecule has 2 aliphatic heterocycles. The van der Waals surface area contributed by atoms with E-state index >= 15 is 9.59 Å². The summed E-state index contributed by atoms with van der Waals surface area (Å²) in [6.45, 7) is 11.3. The monoisotopic (exact) mass is 1180 g/mol. The molecule has 0 fully saturated rings. The van der Waals surface area contributed by atoms with Crippen LogP contribution < -0.4 is 64.6 Å². The summed E-state index contributed by atoms with van der Waals surface area (Å²) in [5.74, 6) is -10.6. The minimum absolute atomic E-state index is 0.0110. The number of carbonyl (C=O) groups excluding carboxylic acids is 10. The molecule has 0 spiro atoms. The van der Waals surface area contributed by atoms with Crippen LogP contribution >= 0.6 is 11.8 Å². The third kappa shape index (κ3) is 19.1. The van der Waals surface area contributed by atoms with E-state index in [1.165, 1.54) is 13.0 Å². The molecule has 0 saturated carbocycles. The number of fused-ring (bicyclic) bond motifs is 4. The summed E-state index contributed by atoms with van der Waals surface area (Å²) in [4.78, 5) is 149. The molecular formula is C57H85N13O12S. The van der Waals surface area contributed by atoms with Crippen molar-refractivity contribution >= 4 is 81.7 Å². The number of aromatic nitrogens is 1. The Morgan fingerprint density at radius 1 is 0.578 bits per heavy atom. The second-order valence-corrected chi connectivity index (χ2v) is 23.2. The highest BCUT2D eigenvalue weighted by Gasteiger charge is 2.39. The van der Waals surface area contributed by atoms with E-state index in [1.54, 1.807) is 70.2 Å². The van der Waals surface area contributed by atoms with Crippen LogP contribution in [0.25, 0.3) is 10.9 Å². The molecule has 456 valence electrons. The zero-order valence-electron chi connectivity index (χ0n) is 48.4. The topological polar surface area (TPSA) is 399 Å². The second-order valence-electron chi connectivity index (χ2n) is 22.2. The van der Waals surface area contributed by atoms with Crippen molar-refractivity contribution in [2.75, 3.05) is 25.4 Å². The van der Waals surface area contributed by atoms with Crippen molar-refractivity contribution in [2.45, 2.75) is 172 Å². The normalized spacial score (nSPS) is 25.3. The summed E-state index contributed by atoms with van der Waals surface area (Å²) in [6.07, 6.45) is -0.638. The van der Waals surface area contributed by atoms with Crippen molar-refractivity contribution in [1.82, 2.24) is 58.2 Å². The number of aromatic amines is 1. The molecule has 0 radical (unpaired) electrons. The molecule has 0 aliphatic carbocycles. The van der Waals surface area contributed by atoms with Gasteiger partial charge in [0, 0.05) is 24.0 Å². The molecule has 3 aromatic rings. The van der Waals surface area contributed by atoms with Crippen molar-refractivity contribution in [3.05, 3.63) is 59.7 Å². The highest BCUT2D eigenvalue weighted by molar-refractivity contribution is 7.99. The van der Waals surface area contributed by atoms with Gasteiger partial charge in [-0.05, 0) is 99.6 Å². The van der Waals surface area contributed by atoms with Crippen molar-refractivity contribution < 1.29 is 58.2 Å². The molecule has 25 nitrogen and oxygen atoms in total. The zero-order valence-corrected chi connectivity index (χ0v) is 49.2. The van der Waals surface area contributed by atoms with Crippen LogP contribution in [0.4, 0.5) is 0 Å². The number of nitrogens with two attached hydrogens (primary N) is 2. The Labute approximate surface area is 488 Å². The number of benzene rings is 2. The number of unbranched alkanes of at least 4 members (excludes halogenated alkanes) is 1. The number of rotatable bonds is 15. The summed E-state index contributed by atoms with van der Waals surface area (Å²) in [5.41, 5.74) is 12.9. The SMILES string of the molecule is CC[C@H](C)[C@@H]1NC(=O)[C@H](CC(C)C)NC(=O)[C@H](CCCN)NC(=O)[C@H](C(C)C)NC(=O)[C@@H]2Cc3c([nH]c4cccc(O)c34)SC[C@H](NC1=O)C(=O)N[C@@H]([C@@H](C)O)C(=O)NCC(=O)N[C@@H](CCCCN)C(=O)N[C@@H](Cc1ccccc1)C(=O)N2. The first-order valence-electron chi connectivity index (χ1n) is 28.5. The van der Waals surface area contributed by atoms with Crippen LogP contribution in [0, 0.1) is 17.8 Å². The van der Waals surface area contributed by atoms with E-state index in [9.17, 15) is 48.6 Å². The van der Waals surface area contributed by atoms with E-state index < -0.39 is 144 Å². The molecule has 0 unspecified atom stereocenters. The quantitative estimate of drug-likeness (QED) is 0.0833. The van der Waals surface area contributed by atoms with Gasteiger partial charge < -0.3 is 79.8 Å². The Kier molecular flexibility index (Phi) is 25.6. The van der Waals surface area contributed by atoms with Gasteiger partial charge >= 0.3 is 0 Å². The highest BCUT2D eigenvalue weighted by Crippen LogP contribution is 2.36. The second kappa shape index (κ2) is 32.0. The Bertz CT molecular complexity index is 2760. The Balaban J connectivity index is 1.79. The molecule has 1 aromatic heterocycles. The lowest BCUT2D eigenvalue weighted by Gasteiger charge is -2.30. The average molecular weight is 1180 g/mol. The molecule has 2 aromatic carbocycles. The third-order valence-electron chi connectivity index (χ3n) is 14.6. The number of amides is 10. The van der Waals surface area contributed by atoms with E-state index in [0.717, 1.165) is 11.8 Å². The number of aliphatic hydroxyl groups is 1. The van der Waals surface area contributed by atoms with E-state index in [-0.39, 0.29) is 78.6 Å². The first kappa shape index (κ1) is 66.5. The van der Waals surface area contributed by atoms with Crippen LogP contribution in [0.1, 0.15) is 105 Å².